The monoisotopic (exact) mass is 305 g/mol. The van der Waals surface area contributed by atoms with Crippen molar-refractivity contribution in [2.45, 2.75) is 38.9 Å². The number of hydrogen-bond donors (Lipinski definition) is 1. The summed E-state index contributed by atoms with van der Waals surface area (Å²) in [6, 6.07) is 8.16. The third-order valence-corrected chi connectivity index (χ3v) is 4.23. The van der Waals surface area contributed by atoms with Gasteiger partial charge in [0.1, 0.15) is 0 Å². The molecule has 0 spiro atoms. The molecule has 0 atom stereocenters. The number of thioether (sulfide) groups is 1. The maximum Gasteiger partial charge on any atom is 0.230 e. The quantitative estimate of drug-likeness (QED) is 0.798. The van der Waals surface area contributed by atoms with Crippen molar-refractivity contribution in [3.8, 4) is 0 Å². The average Bonchev–Trinajstić information content (AvgIpc) is 2.81. The minimum Gasteiger partial charge on any atom is -0.356 e. The summed E-state index contributed by atoms with van der Waals surface area (Å²) in [5.74, 6) is 1.12. The number of hydrogen-bond acceptors (Lipinski definition) is 3. The van der Waals surface area contributed by atoms with Crippen LogP contribution in [0.1, 0.15) is 27.2 Å². The highest BCUT2D eigenvalue weighted by Gasteiger charge is 2.12. The lowest BCUT2D eigenvalue weighted by atomic mass is 10.1. The predicted molar refractivity (Wildman–Crippen MR) is 88.6 cm³/mol. The fourth-order valence-corrected chi connectivity index (χ4v) is 3.02. The highest BCUT2D eigenvalue weighted by atomic mass is 32.2. The molecule has 0 aliphatic carbocycles. The van der Waals surface area contributed by atoms with E-state index < -0.39 is 0 Å². The van der Waals surface area contributed by atoms with Crippen molar-refractivity contribution < 1.29 is 4.79 Å². The molecule has 1 aromatic carbocycles. The molecule has 21 heavy (non-hydrogen) atoms. The molecule has 0 radical (unpaired) electrons. The van der Waals surface area contributed by atoms with E-state index in [4.69, 9.17) is 0 Å². The average molecular weight is 305 g/mol. The van der Waals surface area contributed by atoms with Crippen molar-refractivity contribution in [1.29, 1.82) is 0 Å². The number of carbonyl (C=O) groups excluding carboxylic acids is 1. The van der Waals surface area contributed by atoms with E-state index in [2.05, 4.69) is 34.8 Å². The summed E-state index contributed by atoms with van der Waals surface area (Å²) in [6.45, 7) is 7.99. The number of benzene rings is 1. The van der Waals surface area contributed by atoms with Crippen LogP contribution in [0.3, 0.4) is 0 Å². The molecule has 0 aliphatic heterocycles. The fraction of sp³-hybridized carbons (Fsp3) is 0.500. The van der Waals surface area contributed by atoms with Gasteiger partial charge in [0, 0.05) is 13.1 Å². The fourth-order valence-electron chi connectivity index (χ4n) is 2.15. The molecule has 0 fully saturated rings. The van der Waals surface area contributed by atoms with Crippen LogP contribution in [0, 0.1) is 5.92 Å². The van der Waals surface area contributed by atoms with Gasteiger partial charge in [0.05, 0.1) is 16.8 Å². The normalized spacial score (nSPS) is 11.2. The van der Waals surface area contributed by atoms with Crippen LogP contribution in [0.15, 0.2) is 29.4 Å². The van der Waals surface area contributed by atoms with Crippen molar-refractivity contribution >= 4 is 28.7 Å². The van der Waals surface area contributed by atoms with E-state index in [0.29, 0.717) is 18.2 Å². The van der Waals surface area contributed by atoms with Crippen molar-refractivity contribution in [3.63, 3.8) is 0 Å². The maximum absolute atomic E-state index is 11.6. The molecule has 1 aromatic heterocycles. The van der Waals surface area contributed by atoms with Crippen LogP contribution in [-0.2, 0) is 11.3 Å². The number of imidazole rings is 1. The Hall–Kier alpha value is -1.49. The van der Waals surface area contributed by atoms with Gasteiger partial charge in [-0.2, -0.15) is 0 Å². The van der Waals surface area contributed by atoms with E-state index in [1.807, 2.05) is 25.1 Å². The first-order chi connectivity index (χ1) is 10.1. The Morgan fingerprint density at radius 3 is 2.86 bits per heavy atom. The largest absolute Gasteiger partial charge is 0.356 e. The molecule has 114 valence electrons. The van der Waals surface area contributed by atoms with Crippen molar-refractivity contribution in [2.75, 3.05) is 12.3 Å². The predicted octanol–water partition coefficient (Wildman–Crippen LogP) is 3.31. The summed E-state index contributed by atoms with van der Waals surface area (Å²) in [4.78, 5) is 16.3. The van der Waals surface area contributed by atoms with Crippen LogP contribution < -0.4 is 5.32 Å². The molecule has 2 rings (SSSR count). The Labute approximate surface area is 130 Å². The van der Waals surface area contributed by atoms with Crippen LogP contribution in [0.5, 0.6) is 0 Å². The summed E-state index contributed by atoms with van der Waals surface area (Å²) in [6.07, 6.45) is 1.11. The van der Waals surface area contributed by atoms with Gasteiger partial charge in [-0.15, -0.1) is 0 Å². The van der Waals surface area contributed by atoms with Gasteiger partial charge in [0.15, 0.2) is 5.16 Å². The van der Waals surface area contributed by atoms with Gasteiger partial charge in [-0.05, 0) is 31.4 Å². The molecule has 0 bridgehead atoms. The van der Waals surface area contributed by atoms with Crippen LogP contribution in [-0.4, -0.2) is 27.8 Å². The molecular formula is C16H23N3OS. The molecule has 0 unspecified atom stereocenters. The van der Waals surface area contributed by atoms with Crippen LogP contribution in [0.4, 0.5) is 0 Å². The summed E-state index contributed by atoms with van der Waals surface area (Å²) in [5, 5.41) is 3.76. The minimum absolute atomic E-state index is 0.0602. The first kappa shape index (κ1) is 15.9. The van der Waals surface area contributed by atoms with Crippen LogP contribution >= 0.6 is 11.8 Å². The number of para-hydroxylation sites is 2. The molecular weight excluding hydrogens is 282 g/mol. The van der Waals surface area contributed by atoms with Crippen molar-refractivity contribution in [1.82, 2.24) is 14.9 Å². The molecule has 1 amide bonds. The lowest BCUT2D eigenvalue weighted by Crippen LogP contribution is -2.24. The first-order valence-electron chi connectivity index (χ1n) is 7.46. The topological polar surface area (TPSA) is 46.9 Å². The van der Waals surface area contributed by atoms with Gasteiger partial charge in [-0.25, -0.2) is 4.98 Å². The zero-order valence-electron chi connectivity index (χ0n) is 12.9. The molecule has 1 N–H and O–H groups in total. The second-order valence-corrected chi connectivity index (χ2v) is 6.40. The number of aromatic nitrogens is 2. The second-order valence-electron chi connectivity index (χ2n) is 5.46. The highest BCUT2D eigenvalue weighted by Crippen LogP contribution is 2.24. The third-order valence-electron chi connectivity index (χ3n) is 3.26. The van der Waals surface area contributed by atoms with E-state index in [0.717, 1.165) is 29.2 Å². The number of fused-ring (bicyclic) bond motifs is 1. The Bertz CT molecular complexity index is 607. The Balaban J connectivity index is 2.20. The van der Waals surface area contributed by atoms with Gasteiger partial charge in [0.25, 0.3) is 0 Å². The zero-order chi connectivity index (χ0) is 15.2. The Morgan fingerprint density at radius 1 is 1.38 bits per heavy atom. The summed E-state index contributed by atoms with van der Waals surface area (Å²) >= 11 is 1.51. The Morgan fingerprint density at radius 2 is 2.14 bits per heavy atom. The molecule has 0 saturated heterocycles. The van der Waals surface area contributed by atoms with Gasteiger partial charge in [0.2, 0.25) is 5.91 Å². The number of aryl methyl sites for hydroxylation is 1. The van der Waals surface area contributed by atoms with E-state index >= 15 is 0 Å². The van der Waals surface area contributed by atoms with E-state index in [9.17, 15) is 4.79 Å². The lowest BCUT2D eigenvalue weighted by molar-refractivity contribution is -0.118. The van der Waals surface area contributed by atoms with E-state index in [-0.39, 0.29) is 5.91 Å². The molecule has 4 nitrogen and oxygen atoms in total. The molecule has 1 heterocycles. The molecule has 0 saturated carbocycles. The second kappa shape index (κ2) is 7.50. The number of rotatable bonds is 7. The van der Waals surface area contributed by atoms with Crippen LogP contribution in [0.25, 0.3) is 11.0 Å². The molecule has 5 heteroatoms. The van der Waals surface area contributed by atoms with Crippen LogP contribution in [0.2, 0.25) is 0 Å². The lowest BCUT2D eigenvalue weighted by Gasteiger charge is -2.10. The van der Waals surface area contributed by atoms with Gasteiger partial charge < -0.3 is 9.88 Å². The van der Waals surface area contributed by atoms with Crippen molar-refractivity contribution in [3.05, 3.63) is 24.3 Å². The van der Waals surface area contributed by atoms with Gasteiger partial charge in [-0.1, -0.05) is 37.7 Å². The van der Waals surface area contributed by atoms with E-state index in [1.54, 1.807) is 0 Å². The first-order valence-corrected chi connectivity index (χ1v) is 8.45. The van der Waals surface area contributed by atoms with Crippen molar-refractivity contribution in [2.24, 2.45) is 5.92 Å². The number of carbonyl (C=O) groups is 1. The SMILES string of the molecule is CCNC(=O)CSc1nc2ccccc2n1CCC(C)C. The smallest absolute Gasteiger partial charge is 0.230 e. The standard InChI is InChI=1S/C16H23N3OS/c1-4-17-15(20)11-21-16-18-13-7-5-6-8-14(13)19(16)10-9-12(2)3/h5-8,12H,4,9-11H2,1-3H3,(H,17,20). The number of nitrogens with zero attached hydrogens (tertiary/aromatic N) is 2. The number of amides is 1. The maximum atomic E-state index is 11.6. The summed E-state index contributed by atoms with van der Waals surface area (Å²) in [5.41, 5.74) is 2.15. The van der Waals surface area contributed by atoms with Gasteiger partial charge in [-0.3, -0.25) is 4.79 Å². The third kappa shape index (κ3) is 4.24. The molecule has 0 aliphatic rings. The van der Waals surface area contributed by atoms with Gasteiger partial charge >= 0.3 is 0 Å². The summed E-state index contributed by atoms with van der Waals surface area (Å²) < 4.78 is 2.24. The Kier molecular flexibility index (Phi) is 5.67. The number of nitrogens with one attached hydrogen (secondary N) is 1. The van der Waals surface area contributed by atoms with E-state index in [1.165, 1.54) is 11.8 Å². The minimum atomic E-state index is 0.0602. The highest BCUT2D eigenvalue weighted by molar-refractivity contribution is 7.99. The zero-order valence-corrected chi connectivity index (χ0v) is 13.7. The summed E-state index contributed by atoms with van der Waals surface area (Å²) in [7, 11) is 0. The molecule has 2 aromatic rings.